The Bertz CT molecular complexity index is 862. The highest BCUT2D eigenvalue weighted by Gasteiger charge is 2.71. The Kier molecular flexibility index (Phi) is 4.88. The van der Waals surface area contributed by atoms with E-state index < -0.39 is 34.5 Å². The number of halogens is 1. The van der Waals surface area contributed by atoms with Crippen molar-refractivity contribution in [1.29, 1.82) is 0 Å². The first-order valence-corrected chi connectivity index (χ1v) is 10.8. The molecule has 7 atom stereocenters. The van der Waals surface area contributed by atoms with E-state index in [-0.39, 0.29) is 36.4 Å². The molecule has 0 bridgehead atoms. The summed E-state index contributed by atoms with van der Waals surface area (Å²) in [6.45, 7) is 6.66. The quantitative estimate of drug-likeness (QED) is 0.713. The van der Waals surface area contributed by atoms with Crippen molar-refractivity contribution in [3.63, 3.8) is 0 Å². The monoisotopic (exact) mass is 417 g/mol. The molecule has 0 amide bonds. The zero-order chi connectivity index (χ0) is 22.1. The third kappa shape index (κ3) is 2.72. The number of hydrogen-bond acceptors (Lipinski definition) is 5. The van der Waals surface area contributed by atoms with Gasteiger partial charge < -0.3 is 9.84 Å². The van der Waals surface area contributed by atoms with Gasteiger partial charge in [0.1, 0.15) is 0 Å². The van der Waals surface area contributed by atoms with Gasteiger partial charge >= 0.3 is 5.97 Å². The molecule has 1 N–H and O–H groups in total. The fourth-order valence-corrected chi connectivity index (χ4v) is 7.20. The van der Waals surface area contributed by atoms with Crippen molar-refractivity contribution in [2.75, 3.05) is 6.61 Å². The molecule has 4 rings (SSSR count). The topological polar surface area (TPSA) is 80.7 Å². The van der Waals surface area contributed by atoms with Crippen LogP contribution >= 0.6 is 0 Å². The van der Waals surface area contributed by atoms with Crippen LogP contribution in [-0.2, 0) is 19.1 Å². The van der Waals surface area contributed by atoms with Gasteiger partial charge in [-0.05, 0) is 62.0 Å². The van der Waals surface area contributed by atoms with Crippen LogP contribution in [0, 0.1) is 34.5 Å². The zero-order valence-corrected chi connectivity index (χ0v) is 18.0. The molecule has 1 radical (unpaired) electrons. The number of carbonyl (C=O) groups excluding carboxylic acids is 3. The van der Waals surface area contributed by atoms with Crippen molar-refractivity contribution in [3.05, 3.63) is 29.7 Å². The number of aliphatic hydroxyl groups excluding tert-OH is 1. The zero-order valence-electron chi connectivity index (χ0n) is 18.0. The van der Waals surface area contributed by atoms with Gasteiger partial charge in [0.15, 0.2) is 23.8 Å². The summed E-state index contributed by atoms with van der Waals surface area (Å²) in [7, 11) is 0. The predicted octanol–water partition coefficient (Wildman–Crippen LogP) is 3.31. The highest BCUT2D eigenvalue weighted by atomic mass is 19.1. The standard InChI is InChI=1S/C24H30FO5/c1-13-9-18-17-6-5-15-10-16(27)7-8-23(15,4)24(17,25)20(29)11-22(18,3)21(13)19(28)12-30-14(2)26/h7-8,10,13,17-18,20,29H,5-6,9,11-12H2,1-4H3/t13?,17-,18-,20?,22-,23-,24-/m0/s1. The summed E-state index contributed by atoms with van der Waals surface area (Å²) in [6, 6.07) is 0. The Morgan fingerprint density at radius 3 is 2.67 bits per heavy atom. The molecule has 4 aliphatic rings. The lowest BCUT2D eigenvalue weighted by molar-refractivity contribution is -0.187. The van der Waals surface area contributed by atoms with Crippen LogP contribution in [-0.4, -0.2) is 41.0 Å². The van der Waals surface area contributed by atoms with Crippen molar-refractivity contribution in [2.24, 2.45) is 28.6 Å². The van der Waals surface area contributed by atoms with Crippen LogP contribution < -0.4 is 0 Å². The normalized spacial score (nSPS) is 45.3. The summed E-state index contributed by atoms with van der Waals surface area (Å²) in [5.74, 6) is -0.801. The summed E-state index contributed by atoms with van der Waals surface area (Å²) >= 11 is 0. The van der Waals surface area contributed by atoms with E-state index in [1.54, 1.807) is 13.0 Å². The molecule has 30 heavy (non-hydrogen) atoms. The number of esters is 1. The van der Waals surface area contributed by atoms with Crippen molar-refractivity contribution < 1.29 is 28.6 Å². The highest BCUT2D eigenvalue weighted by molar-refractivity contribution is 6.01. The number of hydrogen-bond donors (Lipinski definition) is 1. The Morgan fingerprint density at radius 1 is 1.30 bits per heavy atom. The second kappa shape index (κ2) is 6.84. The van der Waals surface area contributed by atoms with Crippen molar-refractivity contribution in [1.82, 2.24) is 0 Å². The van der Waals surface area contributed by atoms with Crippen LogP contribution in [0.1, 0.15) is 53.4 Å². The molecule has 0 aromatic heterocycles. The van der Waals surface area contributed by atoms with Gasteiger partial charge in [0.2, 0.25) is 0 Å². The summed E-state index contributed by atoms with van der Waals surface area (Å²) < 4.78 is 21.9. The minimum atomic E-state index is -1.90. The fourth-order valence-electron chi connectivity index (χ4n) is 7.20. The number of Topliss-reactive ketones (excluding diaryl/α,β-unsaturated/α-hetero) is 1. The maximum atomic E-state index is 17.0. The summed E-state index contributed by atoms with van der Waals surface area (Å²) in [6.07, 6.45) is 5.25. The summed E-state index contributed by atoms with van der Waals surface area (Å²) in [4.78, 5) is 36.0. The van der Waals surface area contributed by atoms with Crippen LogP contribution in [0.15, 0.2) is 23.8 Å². The van der Waals surface area contributed by atoms with Gasteiger partial charge in [-0.2, -0.15) is 0 Å². The minimum Gasteiger partial charge on any atom is -0.458 e. The lowest BCUT2D eigenvalue weighted by atomic mass is 9.45. The van der Waals surface area contributed by atoms with E-state index in [1.807, 2.05) is 13.8 Å². The summed E-state index contributed by atoms with van der Waals surface area (Å²) in [5, 5.41) is 11.2. The maximum absolute atomic E-state index is 17.0. The first-order valence-electron chi connectivity index (χ1n) is 10.8. The molecule has 0 spiro atoms. The van der Waals surface area contributed by atoms with E-state index in [2.05, 4.69) is 0 Å². The number of alkyl halides is 1. The van der Waals surface area contributed by atoms with E-state index in [4.69, 9.17) is 4.74 Å². The van der Waals surface area contributed by atoms with E-state index in [0.29, 0.717) is 25.2 Å². The Hall–Kier alpha value is -1.82. The second-order valence-corrected chi connectivity index (χ2v) is 10.0. The Labute approximate surface area is 176 Å². The molecule has 3 saturated carbocycles. The molecule has 3 fully saturated rings. The first kappa shape index (κ1) is 21.4. The predicted molar refractivity (Wildman–Crippen MR) is 108 cm³/mol. The largest absolute Gasteiger partial charge is 0.458 e. The lowest BCUT2D eigenvalue weighted by Crippen LogP contribution is -2.66. The highest BCUT2D eigenvalue weighted by Crippen LogP contribution is 2.70. The molecule has 0 aromatic rings. The van der Waals surface area contributed by atoms with Gasteiger partial charge in [-0.25, -0.2) is 4.39 Å². The minimum absolute atomic E-state index is 0.0640. The molecule has 163 valence electrons. The summed E-state index contributed by atoms with van der Waals surface area (Å²) in [5.41, 5.74) is -2.81. The molecule has 2 unspecified atom stereocenters. The van der Waals surface area contributed by atoms with Gasteiger partial charge in [-0.1, -0.05) is 25.5 Å². The number of ether oxygens (including phenoxy) is 1. The van der Waals surface area contributed by atoms with Crippen molar-refractivity contribution in [2.45, 2.75) is 65.2 Å². The Balaban J connectivity index is 1.71. The number of fused-ring (bicyclic) bond motifs is 5. The lowest BCUT2D eigenvalue weighted by Gasteiger charge is -2.61. The number of aliphatic hydroxyl groups is 1. The van der Waals surface area contributed by atoms with Crippen LogP contribution in [0.2, 0.25) is 0 Å². The van der Waals surface area contributed by atoms with E-state index >= 15 is 4.39 Å². The average Bonchev–Trinajstić information content (AvgIpc) is 2.91. The average molecular weight is 417 g/mol. The van der Waals surface area contributed by atoms with Gasteiger partial charge in [0, 0.05) is 18.3 Å². The number of carbonyl (C=O) groups is 3. The molecule has 0 saturated heterocycles. The van der Waals surface area contributed by atoms with Gasteiger partial charge in [0.05, 0.1) is 12.0 Å². The van der Waals surface area contributed by atoms with Gasteiger partial charge in [0.25, 0.3) is 0 Å². The number of rotatable bonds is 3. The fraction of sp³-hybridized carbons (Fsp3) is 0.667. The van der Waals surface area contributed by atoms with Crippen LogP contribution in [0.25, 0.3) is 0 Å². The van der Waals surface area contributed by atoms with Crippen LogP contribution in [0.5, 0.6) is 0 Å². The van der Waals surface area contributed by atoms with Gasteiger partial charge in [-0.15, -0.1) is 0 Å². The number of allylic oxidation sites excluding steroid dienone is 4. The second-order valence-electron chi connectivity index (χ2n) is 10.0. The van der Waals surface area contributed by atoms with Crippen LogP contribution in [0.3, 0.4) is 0 Å². The first-order chi connectivity index (χ1) is 13.9. The molecule has 0 aliphatic heterocycles. The van der Waals surface area contributed by atoms with Crippen molar-refractivity contribution >= 4 is 17.5 Å². The maximum Gasteiger partial charge on any atom is 0.303 e. The Morgan fingerprint density at radius 2 is 2.00 bits per heavy atom. The molecule has 0 heterocycles. The van der Waals surface area contributed by atoms with Gasteiger partial charge in [-0.3, -0.25) is 14.4 Å². The molecule has 6 heteroatoms. The SMILES string of the molecule is CC(=O)OCC(=O)[C]1C(C)C[C@H]2[C@@H]3CCC4=CC(=O)C=C[C@]4(C)[C@@]3(F)C(O)C[C@]12C. The van der Waals surface area contributed by atoms with Crippen molar-refractivity contribution in [3.8, 4) is 0 Å². The molecule has 4 aliphatic carbocycles. The van der Waals surface area contributed by atoms with E-state index in [1.165, 1.54) is 19.1 Å². The smallest absolute Gasteiger partial charge is 0.303 e. The number of ketones is 2. The molecular formula is C24H30FO5. The molecule has 0 aromatic carbocycles. The molecular weight excluding hydrogens is 387 g/mol. The third-order valence-electron chi connectivity index (χ3n) is 8.45. The third-order valence-corrected chi connectivity index (χ3v) is 8.45. The molecule has 5 nitrogen and oxygen atoms in total. The van der Waals surface area contributed by atoms with E-state index in [9.17, 15) is 19.5 Å². The van der Waals surface area contributed by atoms with Crippen LogP contribution in [0.4, 0.5) is 4.39 Å². The van der Waals surface area contributed by atoms with E-state index in [0.717, 1.165) is 5.57 Å².